The molecule has 0 bridgehead atoms. The molecule has 1 atom stereocenters. The zero-order valence-corrected chi connectivity index (χ0v) is 23.6. The van der Waals surface area contributed by atoms with Crippen molar-refractivity contribution < 1.29 is 39.9 Å². The molecule has 0 aliphatic carbocycles. The number of piperidine rings is 1. The summed E-state index contributed by atoms with van der Waals surface area (Å²) in [5, 5.41) is -2.19. The lowest BCUT2D eigenvalue weighted by Gasteiger charge is -2.27. The summed E-state index contributed by atoms with van der Waals surface area (Å²) < 4.78 is 105. The second-order valence-corrected chi connectivity index (χ2v) is 13.1. The lowest BCUT2D eigenvalue weighted by atomic mass is 10.0. The molecule has 2 aromatic heterocycles. The molecule has 1 aliphatic heterocycles. The van der Waals surface area contributed by atoms with Gasteiger partial charge in [-0.1, -0.05) is 18.2 Å². The number of benzene rings is 2. The van der Waals surface area contributed by atoms with Crippen molar-refractivity contribution in [3.05, 3.63) is 76.4 Å². The molecular weight excluding hydrogens is 603 g/mol. The molecule has 224 valence electrons. The Kier molecular flexibility index (Phi) is 7.79. The summed E-state index contributed by atoms with van der Waals surface area (Å²) in [6, 6.07) is 9.49. The van der Waals surface area contributed by atoms with Gasteiger partial charge in [-0.05, 0) is 57.1 Å². The summed E-state index contributed by atoms with van der Waals surface area (Å²) in [4.78, 5) is 16.3. The van der Waals surface area contributed by atoms with Crippen molar-refractivity contribution in [2.75, 3.05) is 13.1 Å². The number of carbonyl (C=O) groups excluding carboxylic acids is 1. The minimum absolute atomic E-state index is 0.0673. The van der Waals surface area contributed by atoms with E-state index in [1.165, 1.54) is 48.1 Å². The van der Waals surface area contributed by atoms with E-state index < -0.39 is 49.7 Å². The number of hydrogen-bond donors (Lipinski definition) is 2. The number of halogens is 5. The lowest BCUT2D eigenvalue weighted by molar-refractivity contribution is -0.139. The molecule has 1 amide bonds. The van der Waals surface area contributed by atoms with Crippen LogP contribution in [-0.4, -0.2) is 42.2 Å². The number of amides is 1. The van der Waals surface area contributed by atoms with Crippen LogP contribution >= 0.6 is 11.3 Å². The van der Waals surface area contributed by atoms with Gasteiger partial charge < -0.3 is 15.8 Å². The molecule has 3 N–H and O–H groups in total. The molecule has 0 radical (unpaired) electrons. The van der Waals surface area contributed by atoms with Crippen LogP contribution in [0.2, 0.25) is 0 Å². The molecule has 42 heavy (non-hydrogen) atoms. The van der Waals surface area contributed by atoms with Gasteiger partial charge in [-0.25, -0.2) is 13.4 Å². The van der Waals surface area contributed by atoms with Gasteiger partial charge in [0.25, 0.3) is 5.91 Å². The normalized spacial score (nSPS) is 16.0. The van der Waals surface area contributed by atoms with E-state index in [0.29, 0.717) is 13.1 Å². The number of aromatic nitrogens is 2. The number of thiophene rings is 1. The van der Waals surface area contributed by atoms with Crippen LogP contribution in [0.25, 0.3) is 16.0 Å². The summed E-state index contributed by atoms with van der Waals surface area (Å²) in [5.41, 5.74) is 4.10. The maximum Gasteiger partial charge on any atom is 0.416 e. The first-order valence-corrected chi connectivity index (χ1v) is 15.1. The average molecular weight is 629 g/mol. The number of nitrogens with two attached hydrogens (primary N) is 1. The zero-order valence-electron chi connectivity index (χ0n) is 22.0. The Morgan fingerprint density at radius 3 is 2.48 bits per heavy atom. The molecule has 4 aromatic rings. The molecule has 1 aliphatic rings. The number of alkyl halides is 5. The maximum atomic E-state index is 15.5. The lowest BCUT2D eigenvalue weighted by Crippen LogP contribution is -2.42. The van der Waals surface area contributed by atoms with E-state index in [1.54, 1.807) is 0 Å². The molecule has 1 fully saturated rings. The van der Waals surface area contributed by atoms with Gasteiger partial charge in [0.15, 0.2) is 0 Å². The van der Waals surface area contributed by atoms with Crippen molar-refractivity contribution in [3.8, 4) is 10.8 Å². The van der Waals surface area contributed by atoms with Crippen LogP contribution in [0.4, 0.5) is 22.0 Å². The van der Waals surface area contributed by atoms with Gasteiger partial charge in [0.1, 0.15) is 28.1 Å². The minimum Gasteiger partial charge on any atom is -0.484 e. The molecule has 2 aromatic carbocycles. The fourth-order valence-corrected chi connectivity index (χ4v) is 7.60. The van der Waals surface area contributed by atoms with Crippen molar-refractivity contribution in [2.24, 2.45) is 5.73 Å². The number of nitrogens with zero attached hydrogens (tertiary/aromatic N) is 2. The zero-order chi connectivity index (χ0) is 30.4. The van der Waals surface area contributed by atoms with E-state index in [4.69, 9.17) is 10.5 Å². The van der Waals surface area contributed by atoms with E-state index in [0.717, 1.165) is 29.5 Å². The van der Waals surface area contributed by atoms with E-state index in [-0.39, 0.29) is 45.1 Å². The van der Waals surface area contributed by atoms with Gasteiger partial charge in [-0.3, -0.25) is 9.36 Å². The molecule has 0 unspecified atom stereocenters. The monoisotopic (exact) mass is 628 g/mol. The molecule has 8 nitrogen and oxygen atoms in total. The van der Waals surface area contributed by atoms with Gasteiger partial charge >= 0.3 is 11.4 Å². The number of carbonyl (C=O) groups is 1. The molecule has 0 saturated carbocycles. The quantitative estimate of drug-likeness (QED) is 0.247. The van der Waals surface area contributed by atoms with Crippen LogP contribution in [0.3, 0.4) is 0 Å². The second-order valence-electron chi connectivity index (χ2n) is 9.82. The molecule has 1 saturated heterocycles. The highest BCUT2D eigenvalue weighted by Crippen LogP contribution is 2.42. The SMILES string of the molecule is C[C@@H](Oc1cc(-n2cnc3ccc(C(F)(F)S(=O)(=O)C4CCNCC4)cc32)sc1C(N)=O)c1ccccc1C(F)(F)F. The summed E-state index contributed by atoms with van der Waals surface area (Å²) >= 11 is 0.817. The third-order valence-corrected chi connectivity index (χ3v) is 10.5. The van der Waals surface area contributed by atoms with Gasteiger partial charge in [-0.15, -0.1) is 11.3 Å². The third kappa shape index (κ3) is 5.36. The highest BCUT2D eigenvalue weighted by Gasteiger charge is 2.51. The highest BCUT2D eigenvalue weighted by atomic mass is 32.2. The highest BCUT2D eigenvalue weighted by molar-refractivity contribution is 7.92. The number of sulfone groups is 1. The first-order chi connectivity index (χ1) is 19.7. The number of fused-ring (bicyclic) bond motifs is 1. The van der Waals surface area contributed by atoms with Crippen molar-refractivity contribution in [1.29, 1.82) is 0 Å². The summed E-state index contributed by atoms with van der Waals surface area (Å²) in [6.07, 6.45) is -4.36. The van der Waals surface area contributed by atoms with E-state index in [2.05, 4.69) is 10.3 Å². The standard InChI is InChI=1S/C27H25F5N4O4S2/c1-15(18-4-2-3-5-19(18)26(28,29)30)40-22-13-23(41-24(22)25(33)37)36-14-35-20-7-6-16(12-21(20)36)27(31,32)42(38,39)17-8-10-34-11-9-17/h2-7,12-15,17,34H,8-11H2,1H3,(H2,33,37)/t15-/m1/s1. The number of imidazole rings is 1. The smallest absolute Gasteiger partial charge is 0.416 e. The maximum absolute atomic E-state index is 15.5. The first kappa shape index (κ1) is 29.9. The molecule has 5 rings (SSSR count). The Bertz CT molecular complexity index is 1740. The van der Waals surface area contributed by atoms with Crippen LogP contribution in [0, 0.1) is 0 Å². The number of ether oxygens (including phenoxy) is 1. The summed E-state index contributed by atoms with van der Waals surface area (Å²) in [6.45, 7) is 2.02. The van der Waals surface area contributed by atoms with Crippen LogP contribution in [0.15, 0.2) is 54.9 Å². The van der Waals surface area contributed by atoms with Crippen molar-refractivity contribution in [2.45, 2.75) is 42.6 Å². The molecule has 3 heterocycles. The minimum atomic E-state index is -4.87. The van der Waals surface area contributed by atoms with Crippen molar-refractivity contribution >= 4 is 38.1 Å². The molecule has 0 spiro atoms. The van der Waals surface area contributed by atoms with E-state index in [1.807, 2.05) is 0 Å². The predicted octanol–water partition coefficient (Wildman–Crippen LogP) is 5.56. The second kappa shape index (κ2) is 10.9. The summed E-state index contributed by atoms with van der Waals surface area (Å²) in [7, 11) is -4.87. The van der Waals surface area contributed by atoms with Crippen LogP contribution in [0.5, 0.6) is 5.75 Å². The number of hydrogen-bond acceptors (Lipinski definition) is 7. The third-order valence-electron chi connectivity index (χ3n) is 7.12. The fourth-order valence-electron chi connectivity index (χ4n) is 4.95. The Morgan fingerprint density at radius 1 is 1.12 bits per heavy atom. The van der Waals surface area contributed by atoms with Gasteiger partial charge in [0, 0.05) is 17.2 Å². The Balaban J connectivity index is 1.52. The fraction of sp³-hybridized carbons (Fsp3) is 0.333. The number of nitrogens with one attached hydrogen (secondary N) is 1. The average Bonchev–Trinajstić information content (AvgIpc) is 3.56. The van der Waals surface area contributed by atoms with Gasteiger partial charge in [0.2, 0.25) is 9.84 Å². The Labute approximate surface area is 241 Å². The predicted molar refractivity (Wildman–Crippen MR) is 147 cm³/mol. The Morgan fingerprint density at radius 2 is 1.81 bits per heavy atom. The van der Waals surface area contributed by atoms with Crippen molar-refractivity contribution in [1.82, 2.24) is 14.9 Å². The first-order valence-electron chi connectivity index (χ1n) is 12.8. The summed E-state index contributed by atoms with van der Waals surface area (Å²) in [5.74, 6) is -1.02. The van der Waals surface area contributed by atoms with Crippen molar-refractivity contribution in [3.63, 3.8) is 0 Å². The van der Waals surface area contributed by atoms with Crippen LogP contribution < -0.4 is 15.8 Å². The number of rotatable bonds is 8. The Hall–Kier alpha value is -3.56. The number of primary amides is 1. The van der Waals surface area contributed by atoms with Gasteiger partial charge in [-0.2, -0.15) is 22.0 Å². The van der Waals surface area contributed by atoms with Gasteiger partial charge in [0.05, 0.1) is 21.8 Å². The molecule has 15 heteroatoms. The largest absolute Gasteiger partial charge is 0.484 e. The van der Waals surface area contributed by atoms with Crippen LogP contribution in [-0.2, 0) is 21.3 Å². The topological polar surface area (TPSA) is 116 Å². The van der Waals surface area contributed by atoms with Crippen LogP contribution in [0.1, 0.15) is 52.2 Å². The molecular formula is C27H25F5N4O4S2. The van der Waals surface area contributed by atoms with E-state index in [9.17, 15) is 26.4 Å². The van der Waals surface area contributed by atoms with E-state index >= 15 is 8.78 Å².